The topological polar surface area (TPSA) is 31.4 Å². The van der Waals surface area contributed by atoms with Gasteiger partial charge in [0.1, 0.15) is 5.82 Å². The van der Waals surface area contributed by atoms with Crippen LogP contribution in [0.4, 0.5) is 4.39 Å². The molecule has 2 heterocycles. The molecular weight excluding hydrogens is 389 g/mol. The minimum atomic E-state index is -0.313. The lowest BCUT2D eigenvalue weighted by molar-refractivity contribution is -0.262. The van der Waals surface area contributed by atoms with E-state index < -0.39 is 0 Å². The van der Waals surface area contributed by atoms with Crippen LogP contribution in [0.25, 0.3) is 5.57 Å². The molecule has 0 bridgehead atoms. The van der Waals surface area contributed by atoms with Crippen molar-refractivity contribution in [2.45, 2.75) is 71.5 Å². The highest BCUT2D eigenvalue weighted by Gasteiger charge is 2.63. The van der Waals surface area contributed by atoms with Crippen LogP contribution < -0.4 is 0 Å². The van der Waals surface area contributed by atoms with E-state index in [1.165, 1.54) is 43.9 Å². The molecule has 1 aromatic rings. The second kappa shape index (κ2) is 6.87. The molecule has 1 spiro atoms. The smallest absolute Gasteiger partial charge is 0.171 e. The fraction of sp³-hybridized carbons (Fsp3) is 0.741. The third kappa shape index (κ3) is 2.73. The molecule has 0 radical (unpaired) electrons. The van der Waals surface area contributed by atoms with E-state index >= 15 is 0 Å². The van der Waals surface area contributed by atoms with E-state index in [1.54, 1.807) is 6.07 Å². The normalized spacial score (nSPS) is 45.7. The van der Waals surface area contributed by atoms with Crippen LogP contribution in [0.1, 0.15) is 71.3 Å². The number of ether oxygens (including phenoxy) is 2. The summed E-state index contributed by atoms with van der Waals surface area (Å²) >= 11 is 0. The van der Waals surface area contributed by atoms with Crippen molar-refractivity contribution in [3.05, 3.63) is 35.9 Å². The number of halogens is 1. The summed E-state index contributed by atoms with van der Waals surface area (Å²) in [6.45, 7) is 8.94. The van der Waals surface area contributed by atoms with Crippen molar-refractivity contribution in [1.82, 2.24) is 4.98 Å². The Morgan fingerprint density at radius 2 is 1.77 bits per heavy atom. The number of fused-ring (bicyclic) bond motifs is 5. The fourth-order valence-corrected chi connectivity index (χ4v) is 9.11. The zero-order valence-electron chi connectivity index (χ0n) is 19.2. The average Bonchev–Trinajstić information content (AvgIpc) is 3.36. The minimum Gasteiger partial charge on any atom is -0.347 e. The van der Waals surface area contributed by atoms with Crippen LogP contribution in [0, 0.1) is 46.2 Å². The summed E-state index contributed by atoms with van der Waals surface area (Å²) in [4.78, 5) is 4.15. The Balaban J connectivity index is 1.28. The molecular formula is C27H36FNO2. The molecule has 0 aromatic carbocycles. The molecule has 168 valence electrons. The van der Waals surface area contributed by atoms with Gasteiger partial charge in [0.25, 0.3) is 0 Å². The van der Waals surface area contributed by atoms with Crippen LogP contribution in [0.3, 0.4) is 0 Å². The first-order valence-electron chi connectivity index (χ1n) is 12.5. The van der Waals surface area contributed by atoms with E-state index in [4.69, 9.17) is 9.47 Å². The van der Waals surface area contributed by atoms with Gasteiger partial charge in [-0.1, -0.05) is 26.8 Å². The van der Waals surface area contributed by atoms with Crippen molar-refractivity contribution >= 4 is 5.57 Å². The first kappa shape index (κ1) is 20.4. The van der Waals surface area contributed by atoms with E-state index in [0.717, 1.165) is 43.5 Å². The molecule has 4 heteroatoms. The predicted molar refractivity (Wildman–Crippen MR) is 118 cm³/mol. The summed E-state index contributed by atoms with van der Waals surface area (Å²) < 4.78 is 26.4. The van der Waals surface area contributed by atoms with Gasteiger partial charge >= 0.3 is 0 Å². The van der Waals surface area contributed by atoms with Crippen LogP contribution in [0.5, 0.6) is 0 Å². The molecule has 3 nitrogen and oxygen atoms in total. The average molecular weight is 426 g/mol. The van der Waals surface area contributed by atoms with Crippen LogP contribution in [0.15, 0.2) is 24.5 Å². The predicted octanol–water partition coefficient (Wildman–Crippen LogP) is 6.25. The lowest BCUT2D eigenvalue weighted by atomic mass is 9.43. The Labute approximate surface area is 185 Å². The molecule has 0 N–H and O–H groups in total. The number of hydrogen-bond donors (Lipinski definition) is 0. The minimum absolute atomic E-state index is 0.152. The molecule has 1 saturated heterocycles. The van der Waals surface area contributed by atoms with Crippen molar-refractivity contribution in [3.63, 3.8) is 0 Å². The Hall–Kier alpha value is -1.26. The maximum atomic E-state index is 13.9. The second-order valence-corrected chi connectivity index (χ2v) is 11.6. The quantitative estimate of drug-likeness (QED) is 0.533. The third-order valence-corrected chi connectivity index (χ3v) is 10.6. The van der Waals surface area contributed by atoms with Crippen molar-refractivity contribution in [2.24, 2.45) is 40.4 Å². The molecule has 7 atom stereocenters. The summed E-state index contributed by atoms with van der Waals surface area (Å²) in [7, 11) is 0. The van der Waals surface area contributed by atoms with Gasteiger partial charge in [-0.15, -0.1) is 0 Å². The molecule has 31 heavy (non-hydrogen) atoms. The molecule has 4 aliphatic carbocycles. The van der Waals surface area contributed by atoms with Gasteiger partial charge in [-0.05, 0) is 90.2 Å². The molecule has 1 aromatic heterocycles. The van der Waals surface area contributed by atoms with Gasteiger partial charge in [0.15, 0.2) is 5.79 Å². The Morgan fingerprint density at radius 3 is 2.55 bits per heavy atom. The van der Waals surface area contributed by atoms with Gasteiger partial charge in [0, 0.05) is 18.5 Å². The zero-order valence-corrected chi connectivity index (χ0v) is 19.2. The zero-order chi connectivity index (χ0) is 21.4. The van der Waals surface area contributed by atoms with E-state index in [-0.39, 0.29) is 17.0 Å². The number of aromatic nitrogens is 1. The lowest BCUT2D eigenvalue weighted by Crippen LogP contribution is -2.59. The molecule has 6 rings (SSSR count). The van der Waals surface area contributed by atoms with Crippen LogP contribution in [-0.4, -0.2) is 24.0 Å². The van der Waals surface area contributed by atoms with E-state index in [1.807, 2.05) is 6.20 Å². The van der Waals surface area contributed by atoms with Crippen molar-refractivity contribution < 1.29 is 13.9 Å². The highest BCUT2D eigenvalue weighted by Crippen LogP contribution is 2.69. The summed E-state index contributed by atoms with van der Waals surface area (Å²) in [5, 5.41) is 0. The summed E-state index contributed by atoms with van der Waals surface area (Å²) in [6, 6.07) is 1.68. The number of pyridine rings is 1. The lowest BCUT2D eigenvalue weighted by Gasteiger charge is -2.63. The SMILES string of the molecule is CC1C2CC[C@@H]3[C@H](CC[C@]4(C)C(c5cncc(F)c5)=CC[C@@H]34)[C@@]2(C)CCC12OCCO2. The first-order valence-corrected chi connectivity index (χ1v) is 12.5. The van der Waals surface area contributed by atoms with Gasteiger partial charge in [-0.3, -0.25) is 4.98 Å². The number of rotatable bonds is 1. The van der Waals surface area contributed by atoms with Gasteiger partial charge in [0.05, 0.1) is 19.4 Å². The van der Waals surface area contributed by atoms with Gasteiger partial charge in [0.2, 0.25) is 0 Å². The maximum Gasteiger partial charge on any atom is 0.171 e. The number of allylic oxidation sites excluding steroid dienone is 2. The van der Waals surface area contributed by atoms with Crippen molar-refractivity contribution in [1.29, 1.82) is 0 Å². The van der Waals surface area contributed by atoms with E-state index in [2.05, 4.69) is 31.8 Å². The first-order chi connectivity index (χ1) is 14.9. The van der Waals surface area contributed by atoms with Gasteiger partial charge in [-0.2, -0.15) is 0 Å². The molecule has 1 aliphatic heterocycles. The van der Waals surface area contributed by atoms with Crippen molar-refractivity contribution in [3.8, 4) is 0 Å². The molecule has 3 saturated carbocycles. The highest BCUT2D eigenvalue weighted by atomic mass is 19.1. The largest absolute Gasteiger partial charge is 0.347 e. The maximum absolute atomic E-state index is 13.9. The van der Waals surface area contributed by atoms with Gasteiger partial charge in [-0.25, -0.2) is 4.39 Å². The molecule has 4 fully saturated rings. The summed E-state index contributed by atoms with van der Waals surface area (Å²) in [5.74, 6) is 2.84. The summed E-state index contributed by atoms with van der Waals surface area (Å²) in [6.07, 6.45) is 14.1. The molecule has 0 amide bonds. The molecule has 5 aliphatic rings. The van der Waals surface area contributed by atoms with E-state index in [9.17, 15) is 4.39 Å². The second-order valence-electron chi connectivity index (χ2n) is 11.6. The molecule has 2 unspecified atom stereocenters. The van der Waals surface area contributed by atoms with Crippen LogP contribution >= 0.6 is 0 Å². The monoisotopic (exact) mass is 425 g/mol. The number of hydrogen-bond acceptors (Lipinski definition) is 3. The number of nitrogens with zero attached hydrogens (tertiary/aromatic N) is 1. The summed E-state index contributed by atoms with van der Waals surface area (Å²) in [5.41, 5.74) is 2.87. The Morgan fingerprint density at radius 1 is 0.968 bits per heavy atom. The standard InChI is InChI=1S/C27H36FNO2/c1-17-21-5-4-20-23-7-6-22(18-14-19(28)16-29-15-18)25(23,2)9-8-24(20)26(21,3)10-11-27(17)30-12-13-31-27/h6,14-17,20-21,23-24H,4-5,7-13H2,1-3H3/t17?,20-,21?,23-,24-,25+,26-/m0/s1. The fourth-order valence-electron chi connectivity index (χ4n) is 9.11. The van der Waals surface area contributed by atoms with Gasteiger partial charge < -0.3 is 9.47 Å². The highest BCUT2D eigenvalue weighted by molar-refractivity contribution is 5.72. The van der Waals surface area contributed by atoms with E-state index in [0.29, 0.717) is 23.2 Å². The van der Waals surface area contributed by atoms with Crippen molar-refractivity contribution in [2.75, 3.05) is 13.2 Å². The van der Waals surface area contributed by atoms with Crippen LogP contribution in [0.2, 0.25) is 0 Å². The third-order valence-electron chi connectivity index (χ3n) is 10.6. The Bertz CT molecular complexity index is 908. The Kier molecular flexibility index (Phi) is 4.51. The van der Waals surface area contributed by atoms with Crippen LogP contribution in [-0.2, 0) is 9.47 Å².